The van der Waals surface area contributed by atoms with E-state index in [0.717, 1.165) is 32.5 Å². The van der Waals surface area contributed by atoms with Gasteiger partial charge in [-0.3, -0.25) is 0 Å². The van der Waals surface area contributed by atoms with Gasteiger partial charge in [0.1, 0.15) is 0 Å². The van der Waals surface area contributed by atoms with Gasteiger partial charge in [-0.1, -0.05) is 194 Å². The monoisotopic (exact) mass is 568 g/mol. The van der Waals surface area contributed by atoms with E-state index in [1.807, 2.05) is 0 Å². The molecule has 2 N–H and O–H groups in total. The number of ether oxygens (including phenoxy) is 2. The van der Waals surface area contributed by atoms with Crippen molar-refractivity contribution in [1.29, 1.82) is 0 Å². The van der Waals surface area contributed by atoms with E-state index >= 15 is 0 Å². The minimum absolute atomic E-state index is 0.0942. The Labute approximate surface area is 253 Å². The van der Waals surface area contributed by atoms with Crippen LogP contribution in [-0.2, 0) is 9.47 Å². The summed E-state index contributed by atoms with van der Waals surface area (Å²) >= 11 is 0. The highest BCUT2D eigenvalue weighted by Gasteiger charge is 2.08. The molecule has 0 aliphatic rings. The van der Waals surface area contributed by atoms with Gasteiger partial charge in [-0.15, -0.1) is 0 Å². The van der Waals surface area contributed by atoms with Gasteiger partial charge in [-0.05, 0) is 19.4 Å². The third-order valence-electron chi connectivity index (χ3n) is 8.51. The molecule has 1 unspecified atom stereocenters. The van der Waals surface area contributed by atoms with Crippen LogP contribution in [0, 0.1) is 0 Å². The summed E-state index contributed by atoms with van der Waals surface area (Å²) < 4.78 is 12.0. The van der Waals surface area contributed by atoms with E-state index in [0.29, 0.717) is 6.54 Å². The van der Waals surface area contributed by atoms with Gasteiger partial charge in [0.2, 0.25) is 0 Å². The van der Waals surface area contributed by atoms with Crippen LogP contribution in [0.3, 0.4) is 0 Å². The molecule has 0 spiro atoms. The SMILES string of the molecule is CCCCCCCCCCCCCCCCCCOC(CCN)OCCCCCCCCCCCCCCCC. The molecule has 0 amide bonds. The van der Waals surface area contributed by atoms with Gasteiger partial charge in [0.15, 0.2) is 6.29 Å². The first-order valence-corrected chi connectivity index (χ1v) is 18.8. The van der Waals surface area contributed by atoms with Crippen LogP contribution in [-0.4, -0.2) is 26.0 Å². The lowest BCUT2D eigenvalue weighted by Crippen LogP contribution is -2.22. The molecule has 40 heavy (non-hydrogen) atoms. The Hall–Kier alpha value is -0.120. The van der Waals surface area contributed by atoms with Gasteiger partial charge in [0.05, 0.1) is 0 Å². The number of hydrogen-bond acceptors (Lipinski definition) is 3. The first kappa shape index (κ1) is 39.9. The number of hydrogen-bond donors (Lipinski definition) is 1. The molecule has 242 valence electrons. The molecule has 3 nitrogen and oxygen atoms in total. The molecule has 0 radical (unpaired) electrons. The Morgan fingerprint density at radius 1 is 0.350 bits per heavy atom. The van der Waals surface area contributed by atoms with Crippen molar-refractivity contribution in [2.45, 2.75) is 219 Å². The van der Waals surface area contributed by atoms with Crippen LogP contribution in [0.25, 0.3) is 0 Å². The van der Waals surface area contributed by atoms with E-state index in [1.54, 1.807) is 0 Å². The van der Waals surface area contributed by atoms with Crippen LogP contribution in [0.2, 0.25) is 0 Å². The predicted molar refractivity (Wildman–Crippen MR) is 179 cm³/mol. The molecule has 1 atom stereocenters. The molecule has 0 aliphatic carbocycles. The summed E-state index contributed by atoms with van der Waals surface area (Å²) in [5.74, 6) is 0. The van der Waals surface area contributed by atoms with Crippen LogP contribution >= 0.6 is 0 Å². The summed E-state index contributed by atoms with van der Waals surface area (Å²) in [6.45, 7) is 6.88. The summed E-state index contributed by atoms with van der Waals surface area (Å²) in [7, 11) is 0. The maximum absolute atomic E-state index is 6.02. The third kappa shape index (κ3) is 34.1. The van der Waals surface area contributed by atoms with Crippen molar-refractivity contribution < 1.29 is 9.47 Å². The molecule has 0 saturated carbocycles. The van der Waals surface area contributed by atoms with Crippen molar-refractivity contribution in [3.8, 4) is 0 Å². The summed E-state index contributed by atoms with van der Waals surface area (Å²) in [6, 6.07) is 0. The summed E-state index contributed by atoms with van der Waals surface area (Å²) in [4.78, 5) is 0. The highest BCUT2D eigenvalue weighted by atomic mass is 16.7. The predicted octanol–water partition coefficient (Wildman–Crippen LogP) is 12.4. The molecule has 0 aromatic rings. The molecular formula is C37H77NO2. The smallest absolute Gasteiger partial charge is 0.158 e. The molecule has 0 heterocycles. The maximum atomic E-state index is 6.02. The molecule has 0 bridgehead atoms. The standard InChI is InChI=1S/C37H77NO2/c1-3-5-7-9-11-13-15-17-19-20-22-24-26-28-30-32-36-40-37(33-34-38)39-35-31-29-27-25-23-21-18-16-14-12-10-8-6-4-2/h37H,3-36,38H2,1-2H3. The molecule has 3 heteroatoms. The van der Waals surface area contributed by atoms with Crippen molar-refractivity contribution in [1.82, 2.24) is 0 Å². The molecule has 0 rings (SSSR count). The minimum Gasteiger partial charge on any atom is -0.353 e. The fraction of sp³-hybridized carbons (Fsp3) is 1.00. The average Bonchev–Trinajstić information content (AvgIpc) is 2.96. The van der Waals surface area contributed by atoms with E-state index < -0.39 is 0 Å². The van der Waals surface area contributed by atoms with E-state index in [9.17, 15) is 0 Å². The highest BCUT2D eigenvalue weighted by molar-refractivity contribution is 4.53. The third-order valence-corrected chi connectivity index (χ3v) is 8.51. The van der Waals surface area contributed by atoms with Gasteiger partial charge in [-0.25, -0.2) is 0 Å². The molecular weight excluding hydrogens is 490 g/mol. The Morgan fingerprint density at radius 2 is 0.575 bits per heavy atom. The topological polar surface area (TPSA) is 44.5 Å². The number of unbranched alkanes of at least 4 members (excludes halogenated alkanes) is 28. The Kier molecular flexibility index (Phi) is 36.8. The lowest BCUT2D eigenvalue weighted by Gasteiger charge is -2.18. The largest absolute Gasteiger partial charge is 0.353 e. The fourth-order valence-electron chi connectivity index (χ4n) is 5.73. The van der Waals surface area contributed by atoms with Crippen molar-refractivity contribution >= 4 is 0 Å². The zero-order valence-corrected chi connectivity index (χ0v) is 28.0. The van der Waals surface area contributed by atoms with Crippen molar-refractivity contribution in [2.24, 2.45) is 5.73 Å². The number of nitrogens with two attached hydrogens (primary N) is 1. The van der Waals surface area contributed by atoms with Crippen molar-refractivity contribution in [3.05, 3.63) is 0 Å². The molecule has 0 aliphatic heterocycles. The normalized spacial score (nSPS) is 12.4. The molecule has 0 aromatic heterocycles. The Bertz CT molecular complexity index is 430. The highest BCUT2D eigenvalue weighted by Crippen LogP contribution is 2.15. The summed E-state index contributed by atoms with van der Waals surface area (Å²) in [6.07, 6.45) is 42.6. The Balaban J connectivity index is 3.35. The van der Waals surface area contributed by atoms with Crippen LogP contribution in [0.1, 0.15) is 213 Å². The fourth-order valence-corrected chi connectivity index (χ4v) is 5.73. The summed E-state index contributed by atoms with van der Waals surface area (Å²) in [5, 5.41) is 0. The van der Waals surface area contributed by atoms with E-state index in [1.165, 1.54) is 180 Å². The second-order valence-electron chi connectivity index (χ2n) is 12.6. The first-order chi connectivity index (χ1) is 19.8. The molecule has 0 aromatic carbocycles. The molecule has 0 fully saturated rings. The average molecular weight is 568 g/mol. The van der Waals surface area contributed by atoms with Crippen LogP contribution in [0.5, 0.6) is 0 Å². The van der Waals surface area contributed by atoms with Gasteiger partial charge < -0.3 is 15.2 Å². The van der Waals surface area contributed by atoms with Crippen molar-refractivity contribution in [3.63, 3.8) is 0 Å². The van der Waals surface area contributed by atoms with Gasteiger partial charge in [-0.2, -0.15) is 0 Å². The second-order valence-corrected chi connectivity index (χ2v) is 12.6. The summed E-state index contributed by atoms with van der Waals surface area (Å²) in [5.41, 5.74) is 5.79. The molecule has 0 saturated heterocycles. The van der Waals surface area contributed by atoms with Gasteiger partial charge >= 0.3 is 0 Å². The van der Waals surface area contributed by atoms with E-state index in [2.05, 4.69) is 13.8 Å². The quantitative estimate of drug-likeness (QED) is 0.0604. The second kappa shape index (κ2) is 36.9. The number of rotatable bonds is 36. The Morgan fingerprint density at radius 3 is 0.800 bits per heavy atom. The van der Waals surface area contributed by atoms with Crippen LogP contribution in [0.4, 0.5) is 0 Å². The first-order valence-electron chi connectivity index (χ1n) is 18.8. The zero-order chi connectivity index (χ0) is 29.0. The van der Waals surface area contributed by atoms with Crippen molar-refractivity contribution in [2.75, 3.05) is 19.8 Å². The van der Waals surface area contributed by atoms with E-state index in [-0.39, 0.29) is 6.29 Å². The minimum atomic E-state index is -0.0942. The van der Waals surface area contributed by atoms with Gasteiger partial charge in [0, 0.05) is 19.6 Å². The van der Waals surface area contributed by atoms with Gasteiger partial charge in [0.25, 0.3) is 0 Å². The van der Waals surface area contributed by atoms with Crippen LogP contribution in [0.15, 0.2) is 0 Å². The maximum Gasteiger partial charge on any atom is 0.158 e. The van der Waals surface area contributed by atoms with E-state index in [4.69, 9.17) is 15.2 Å². The lowest BCUT2D eigenvalue weighted by molar-refractivity contribution is -0.145. The van der Waals surface area contributed by atoms with Crippen LogP contribution < -0.4 is 5.73 Å². The lowest BCUT2D eigenvalue weighted by atomic mass is 10.0. The zero-order valence-electron chi connectivity index (χ0n) is 28.0.